The molecule has 1 amide bonds. The number of amides is 1. The Hall–Kier alpha value is -1.81. The molecule has 0 atom stereocenters. The second kappa shape index (κ2) is 13.4. The van der Waals surface area contributed by atoms with E-state index in [9.17, 15) is 4.79 Å². The third-order valence-electron chi connectivity index (χ3n) is 3.69. The highest BCUT2D eigenvalue weighted by molar-refractivity contribution is 14.0. The van der Waals surface area contributed by atoms with Crippen LogP contribution in [-0.4, -0.2) is 38.6 Å². The first-order chi connectivity index (χ1) is 13.1. The van der Waals surface area contributed by atoms with Crippen molar-refractivity contribution in [2.75, 3.05) is 26.7 Å². The van der Waals surface area contributed by atoms with E-state index in [1.165, 1.54) is 0 Å². The van der Waals surface area contributed by atoms with Gasteiger partial charge in [0.25, 0.3) is 5.91 Å². The molecule has 0 heterocycles. The van der Waals surface area contributed by atoms with E-state index in [2.05, 4.69) is 36.9 Å². The summed E-state index contributed by atoms with van der Waals surface area (Å²) in [7, 11) is 1.65. The van der Waals surface area contributed by atoms with Crippen LogP contribution in [0.5, 0.6) is 5.75 Å². The van der Waals surface area contributed by atoms with Crippen LogP contribution in [0.4, 0.5) is 0 Å². The maximum Gasteiger partial charge on any atom is 0.251 e. The smallest absolute Gasteiger partial charge is 0.251 e. The Balaban J connectivity index is 0.00000392. The van der Waals surface area contributed by atoms with Crippen LogP contribution in [-0.2, 0) is 6.54 Å². The Labute approximate surface area is 191 Å². The third-order valence-corrected chi connectivity index (χ3v) is 4.18. The minimum atomic E-state index is -0.101. The Kier molecular flexibility index (Phi) is 11.6. The molecule has 6 nitrogen and oxygen atoms in total. The van der Waals surface area contributed by atoms with Gasteiger partial charge in [0.1, 0.15) is 5.75 Å². The van der Waals surface area contributed by atoms with Gasteiger partial charge in [0, 0.05) is 29.7 Å². The van der Waals surface area contributed by atoms with Crippen LogP contribution in [0.2, 0.25) is 0 Å². The van der Waals surface area contributed by atoms with Gasteiger partial charge in [-0.2, -0.15) is 0 Å². The molecule has 2 aromatic carbocycles. The van der Waals surface area contributed by atoms with Crippen molar-refractivity contribution in [3.63, 3.8) is 0 Å². The standard InChI is InChI=1S/C20H25BrN4O2.HI/c1-3-22-20(25-14-15-6-4-9-18(12-15)27-2)24-11-10-23-19(26)16-7-5-8-17(21)13-16;/h4-9,12-13H,3,10-11,14H2,1-2H3,(H,23,26)(H2,22,24,25);1H. The molecule has 152 valence electrons. The third kappa shape index (κ3) is 8.47. The molecule has 0 aliphatic heterocycles. The molecule has 0 saturated carbocycles. The quantitative estimate of drug-likeness (QED) is 0.200. The van der Waals surface area contributed by atoms with Crippen molar-refractivity contribution < 1.29 is 9.53 Å². The van der Waals surface area contributed by atoms with E-state index in [4.69, 9.17) is 4.74 Å². The highest BCUT2D eigenvalue weighted by Gasteiger charge is 2.05. The number of halogens is 2. The second-order valence-electron chi connectivity index (χ2n) is 5.74. The number of nitrogens with one attached hydrogen (secondary N) is 3. The minimum Gasteiger partial charge on any atom is -0.497 e. The number of benzene rings is 2. The van der Waals surface area contributed by atoms with Gasteiger partial charge < -0.3 is 20.7 Å². The van der Waals surface area contributed by atoms with Crippen molar-refractivity contribution >= 4 is 51.8 Å². The Bertz CT molecular complexity index is 786. The van der Waals surface area contributed by atoms with Crippen molar-refractivity contribution in [3.05, 3.63) is 64.1 Å². The van der Waals surface area contributed by atoms with Gasteiger partial charge in [-0.1, -0.05) is 34.1 Å². The number of guanidine groups is 1. The summed E-state index contributed by atoms with van der Waals surface area (Å²) in [6.07, 6.45) is 0. The summed E-state index contributed by atoms with van der Waals surface area (Å²) < 4.78 is 6.11. The van der Waals surface area contributed by atoms with Crippen LogP contribution >= 0.6 is 39.9 Å². The number of ether oxygens (including phenoxy) is 1. The fourth-order valence-corrected chi connectivity index (χ4v) is 2.77. The molecule has 0 aliphatic rings. The minimum absolute atomic E-state index is 0. The molecule has 0 unspecified atom stereocenters. The van der Waals surface area contributed by atoms with Crippen molar-refractivity contribution in [1.29, 1.82) is 0 Å². The Morgan fingerprint density at radius 3 is 2.54 bits per heavy atom. The average Bonchev–Trinajstić information content (AvgIpc) is 2.69. The van der Waals surface area contributed by atoms with Crippen molar-refractivity contribution in [1.82, 2.24) is 16.0 Å². The molecule has 2 rings (SSSR count). The summed E-state index contributed by atoms with van der Waals surface area (Å²) in [4.78, 5) is 16.7. The largest absolute Gasteiger partial charge is 0.497 e. The normalized spacial score (nSPS) is 10.6. The summed E-state index contributed by atoms with van der Waals surface area (Å²) in [5, 5.41) is 9.31. The van der Waals surface area contributed by atoms with Crippen molar-refractivity contribution in [2.24, 2.45) is 4.99 Å². The van der Waals surface area contributed by atoms with E-state index < -0.39 is 0 Å². The lowest BCUT2D eigenvalue weighted by atomic mass is 10.2. The molecular weight excluding hydrogens is 535 g/mol. The van der Waals surface area contributed by atoms with Crippen molar-refractivity contribution in [2.45, 2.75) is 13.5 Å². The zero-order chi connectivity index (χ0) is 19.5. The van der Waals surface area contributed by atoms with E-state index >= 15 is 0 Å². The zero-order valence-electron chi connectivity index (χ0n) is 16.0. The first kappa shape index (κ1) is 24.2. The summed E-state index contributed by atoms with van der Waals surface area (Å²) in [5.74, 6) is 1.42. The molecule has 0 aliphatic carbocycles. The number of nitrogens with zero attached hydrogens (tertiary/aromatic N) is 1. The van der Waals surface area contributed by atoms with Crippen LogP contribution in [0.25, 0.3) is 0 Å². The van der Waals surface area contributed by atoms with Gasteiger partial charge in [-0.3, -0.25) is 4.79 Å². The monoisotopic (exact) mass is 560 g/mol. The number of carbonyl (C=O) groups is 1. The molecule has 0 bridgehead atoms. The van der Waals surface area contributed by atoms with Gasteiger partial charge >= 0.3 is 0 Å². The number of methoxy groups -OCH3 is 1. The Morgan fingerprint density at radius 1 is 1.07 bits per heavy atom. The molecule has 0 saturated heterocycles. The van der Waals surface area contributed by atoms with Gasteiger partial charge in [0.05, 0.1) is 13.7 Å². The lowest BCUT2D eigenvalue weighted by molar-refractivity contribution is 0.0954. The van der Waals surface area contributed by atoms with Gasteiger partial charge in [0.2, 0.25) is 0 Å². The molecule has 8 heteroatoms. The molecule has 0 spiro atoms. The number of aliphatic imine (C=N–C) groups is 1. The van der Waals surface area contributed by atoms with Crippen LogP contribution in [0.15, 0.2) is 58.0 Å². The molecule has 0 fully saturated rings. The lowest BCUT2D eigenvalue weighted by Gasteiger charge is -2.12. The van der Waals surface area contributed by atoms with Gasteiger partial charge in [-0.15, -0.1) is 24.0 Å². The molecule has 28 heavy (non-hydrogen) atoms. The van der Waals surface area contributed by atoms with E-state index in [0.717, 1.165) is 22.3 Å². The molecule has 0 radical (unpaired) electrons. The van der Waals surface area contributed by atoms with Gasteiger partial charge in [-0.05, 0) is 42.8 Å². The molecule has 2 aromatic rings. The molecule has 0 aromatic heterocycles. The van der Waals surface area contributed by atoms with E-state index in [0.29, 0.717) is 31.2 Å². The number of rotatable bonds is 8. The maximum atomic E-state index is 12.1. The lowest BCUT2D eigenvalue weighted by Crippen LogP contribution is -2.41. The summed E-state index contributed by atoms with van der Waals surface area (Å²) in [5.41, 5.74) is 1.69. The van der Waals surface area contributed by atoms with Crippen LogP contribution in [0.1, 0.15) is 22.8 Å². The molecule has 3 N–H and O–H groups in total. The number of hydrogen-bond acceptors (Lipinski definition) is 3. The van der Waals surface area contributed by atoms with Gasteiger partial charge in [-0.25, -0.2) is 4.99 Å². The summed E-state index contributed by atoms with van der Waals surface area (Å²) in [6.45, 7) is 4.38. The van der Waals surface area contributed by atoms with E-state index in [-0.39, 0.29) is 29.9 Å². The average molecular weight is 561 g/mol. The van der Waals surface area contributed by atoms with E-state index in [1.54, 1.807) is 19.2 Å². The fourth-order valence-electron chi connectivity index (χ4n) is 2.37. The molecular formula is C20H26BrIN4O2. The topological polar surface area (TPSA) is 74.8 Å². The summed E-state index contributed by atoms with van der Waals surface area (Å²) in [6, 6.07) is 15.1. The van der Waals surface area contributed by atoms with Crippen LogP contribution in [0.3, 0.4) is 0 Å². The first-order valence-electron chi connectivity index (χ1n) is 8.81. The van der Waals surface area contributed by atoms with Crippen LogP contribution in [0, 0.1) is 0 Å². The zero-order valence-corrected chi connectivity index (χ0v) is 19.9. The van der Waals surface area contributed by atoms with E-state index in [1.807, 2.05) is 43.3 Å². The summed E-state index contributed by atoms with van der Waals surface area (Å²) >= 11 is 3.37. The van der Waals surface area contributed by atoms with Crippen LogP contribution < -0.4 is 20.7 Å². The number of carbonyl (C=O) groups excluding carboxylic acids is 1. The fraction of sp³-hybridized carbons (Fsp3) is 0.300. The second-order valence-corrected chi connectivity index (χ2v) is 6.66. The number of hydrogen-bond donors (Lipinski definition) is 3. The Morgan fingerprint density at radius 2 is 1.82 bits per heavy atom. The predicted octanol–water partition coefficient (Wildman–Crippen LogP) is 3.56. The highest BCUT2D eigenvalue weighted by Crippen LogP contribution is 2.13. The highest BCUT2D eigenvalue weighted by atomic mass is 127. The first-order valence-corrected chi connectivity index (χ1v) is 9.60. The maximum absolute atomic E-state index is 12.1. The predicted molar refractivity (Wildman–Crippen MR) is 128 cm³/mol. The van der Waals surface area contributed by atoms with Crippen molar-refractivity contribution in [3.8, 4) is 5.75 Å². The van der Waals surface area contributed by atoms with Gasteiger partial charge in [0.15, 0.2) is 5.96 Å². The SMILES string of the molecule is CCNC(=NCc1cccc(OC)c1)NCCNC(=O)c1cccc(Br)c1.I.